The van der Waals surface area contributed by atoms with Gasteiger partial charge >= 0.3 is 0 Å². The molecule has 0 spiro atoms. The molecule has 0 bridgehead atoms. The Hall–Kier alpha value is -2.13. The maximum Gasteiger partial charge on any atom is 0.223 e. The lowest BCUT2D eigenvalue weighted by molar-refractivity contribution is -0.128. The van der Waals surface area contributed by atoms with Crippen molar-refractivity contribution >= 4 is 5.91 Å². The van der Waals surface area contributed by atoms with E-state index in [1.807, 2.05) is 42.5 Å². The van der Waals surface area contributed by atoms with Gasteiger partial charge in [-0.3, -0.25) is 4.79 Å². The minimum Gasteiger partial charge on any atom is -0.384 e. The molecule has 0 heterocycles. The Morgan fingerprint density at radius 1 is 1.09 bits per heavy atom. The van der Waals surface area contributed by atoms with Gasteiger partial charge in [0, 0.05) is 5.92 Å². The van der Waals surface area contributed by atoms with E-state index in [0.717, 1.165) is 36.0 Å². The van der Waals surface area contributed by atoms with Crippen LogP contribution >= 0.6 is 0 Å². The molecular formula is C20H23NO2. The normalized spacial score (nSPS) is 17.1. The van der Waals surface area contributed by atoms with Crippen LogP contribution in [0.25, 0.3) is 11.1 Å². The van der Waals surface area contributed by atoms with E-state index in [9.17, 15) is 9.90 Å². The summed E-state index contributed by atoms with van der Waals surface area (Å²) in [6.07, 6.45) is 3.08. The van der Waals surface area contributed by atoms with Gasteiger partial charge in [0.05, 0.1) is 6.54 Å². The highest BCUT2D eigenvalue weighted by atomic mass is 16.3. The number of carbonyl (C=O) groups is 1. The van der Waals surface area contributed by atoms with Crippen LogP contribution in [0, 0.1) is 5.92 Å². The van der Waals surface area contributed by atoms with Crippen molar-refractivity contribution < 1.29 is 9.90 Å². The lowest BCUT2D eigenvalue weighted by Gasteiger charge is -2.28. The molecule has 3 nitrogen and oxygen atoms in total. The highest BCUT2D eigenvalue weighted by molar-refractivity contribution is 5.79. The molecule has 3 rings (SSSR count). The topological polar surface area (TPSA) is 49.3 Å². The molecule has 1 aliphatic carbocycles. The Morgan fingerprint density at radius 2 is 1.70 bits per heavy atom. The molecule has 3 heteroatoms. The third-order valence-electron chi connectivity index (χ3n) is 4.70. The largest absolute Gasteiger partial charge is 0.384 e. The van der Waals surface area contributed by atoms with Gasteiger partial charge in [0.15, 0.2) is 0 Å². The summed E-state index contributed by atoms with van der Waals surface area (Å²) in [5, 5.41) is 13.5. The van der Waals surface area contributed by atoms with Crippen LogP contribution in [0.15, 0.2) is 54.6 Å². The van der Waals surface area contributed by atoms with Crippen LogP contribution in [0.5, 0.6) is 0 Å². The number of carbonyl (C=O) groups excluding carboxylic acids is 1. The van der Waals surface area contributed by atoms with Gasteiger partial charge in [0.25, 0.3) is 0 Å². The monoisotopic (exact) mass is 309 g/mol. The summed E-state index contributed by atoms with van der Waals surface area (Å²) in [4.78, 5) is 11.9. The Labute approximate surface area is 137 Å². The Balaban J connectivity index is 1.66. The predicted molar refractivity (Wildman–Crippen MR) is 91.8 cm³/mol. The molecule has 1 fully saturated rings. The second-order valence-electron chi connectivity index (χ2n) is 6.56. The third-order valence-corrected chi connectivity index (χ3v) is 4.70. The third kappa shape index (κ3) is 3.62. The average molecular weight is 309 g/mol. The summed E-state index contributed by atoms with van der Waals surface area (Å²) in [7, 11) is 0. The van der Waals surface area contributed by atoms with E-state index in [2.05, 4.69) is 17.4 Å². The number of benzene rings is 2. The van der Waals surface area contributed by atoms with Crippen LogP contribution in [-0.2, 0) is 10.4 Å². The van der Waals surface area contributed by atoms with Crippen molar-refractivity contribution in [2.24, 2.45) is 5.92 Å². The maximum atomic E-state index is 11.9. The zero-order valence-corrected chi connectivity index (χ0v) is 13.5. The predicted octanol–water partition coefficient (Wildman–Crippen LogP) is 3.48. The minimum atomic E-state index is -1.06. The molecule has 0 unspecified atom stereocenters. The van der Waals surface area contributed by atoms with Gasteiger partial charge in [-0.05, 0) is 36.5 Å². The van der Waals surface area contributed by atoms with Crippen LogP contribution in [0.2, 0.25) is 0 Å². The van der Waals surface area contributed by atoms with Crippen molar-refractivity contribution in [2.45, 2.75) is 31.8 Å². The number of hydrogen-bond acceptors (Lipinski definition) is 2. The summed E-state index contributed by atoms with van der Waals surface area (Å²) in [6.45, 7) is 1.98. The van der Waals surface area contributed by atoms with Gasteiger partial charge in [-0.15, -0.1) is 0 Å². The molecule has 0 aliphatic heterocycles. The van der Waals surface area contributed by atoms with E-state index in [-0.39, 0.29) is 18.4 Å². The zero-order valence-electron chi connectivity index (χ0n) is 13.5. The van der Waals surface area contributed by atoms with Crippen LogP contribution in [0.3, 0.4) is 0 Å². The van der Waals surface area contributed by atoms with Crippen LogP contribution < -0.4 is 5.32 Å². The second-order valence-corrected chi connectivity index (χ2v) is 6.56. The standard InChI is InChI=1S/C20H23NO2/c1-20(23,14-21-19(22)17-8-5-9-17)18-12-10-16(11-13-18)15-6-3-2-4-7-15/h2-4,6-7,10-13,17,23H,5,8-9,14H2,1H3,(H,21,22)/t20-/m1/s1. The first-order valence-electron chi connectivity index (χ1n) is 8.22. The molecule has 0 saturated heterocycles. The fourth-order valence-corrected chi connectivity index (χ4v) is 2.83. The quantitative estimate of drug-likeness (QED) is 0.888. The van der Waals surface area contributed by atoms with Crippen LogP contribution in [0.1, 0.15) is 31.7 Å². The van der Waals surface area contributed by atoms with Crippen molar-refractivity contribution in [1.29, 1.82) is 0 Å². The molecule has 1 amide bonds. The zero-order chi connectivity index (χ0) is 16.3. The molecule has 0 radical (unpaired) electrons. The summed E-state index contributed by atoms with van der Waals surface area (Å²) in [6, 6.07) is 18.0. The van der Waals surface area contributed by atoms with Gasteiger partial charge in [-0.2, -0.15) is 0 Å². The molecule has 2 aromatic carbocycles. The Morgan fingerprint density at radius 3 is 2.26 bits per heavy atom. The second kappa shape index (κ2) is 6.55. The van der Waals surface area contributed by atoms with Gasteiger partial charge in [0.1, 0.15) is 5.60 Å². The smallest absolute Gasteiger partial charge is 0.223 e. The van der Waals surface area contributed by atoms with Crippen molar-refractivity contribution in [3.05, 3.63) is 60.2 Å². The van der Waals surface area contributed by atoms with E-state index in [1.165, 1.54) is 0 Å². The maximum absolute atomic E-state index is 11.9. The molecule has 0 aromatic heterocycles. The first kappa shape index (κ1) is 15.8. The Kier molecular flexibility index (Phi) is 4.49. The van der Waals surface area contributed by atoms with Gasteiger partial charge in [-0.25, -0.2) is 0 Å². The van der Waals surface area contributed by atoms with E-state index in [0.29, 0.717) is 0 Å². The lowest BCUT2D eigenvalue weighted by Crippen LogP contribution is -2.42. The first-order chi connectivity index (χ1) is 11.1. The van der Waals surface area contributed by atoms with Crippen molar-refractivity contribution in [3.8, 4) is 11.1 Å². The van der Waals surface area contributed by atoms with Gasteiger partial charge < -0.3 is 10.4 Å². The van der Waals surface area contributed by atoms with Crippen LogP contribution in [0.4, 0.5) is 0 Å². The number of rotatable bonds is 5. The first-order valence-corrected chi connectivity index (χ1v) is 8.22. The van der Waals surface area contributed by atoms with E-state index in [1.54, 1.807) is 6.92 Å². The van der Waals surface area contributed by atoms with Crippen molar-refractivity contribution in [2.75, 3.05) is 6.54 Å². The number of aliphatic hydroxyl groups is 1. The molecule has 1 aliphatic rings. The fourth-order valence-electron chi connectivity index (χ4n) is 2.83. The van der Waals surface area contributed by atoms with Gasteiger partial charge in [0.2, 0.25) is 5.91 Å². The molecular weight excluding hydrogens is 286 g/mol. The lowest BCUT2D eigenvalue weighted by atomic mass is 9.84. The van der Waals surface area contributed by atoms with E-state index >= 15 is 0 Å². The highest BCUT2D eigenvalue weighted by Gasteiger charge is 2.28. The fraction of sp³-hybridized carbons (Fsp3) is 0.350. The number of hydrogen-bond donors (Lipinski definition) is 2. The summed E-state index contributed by atoms with van der Waals surface area (Å²) < 4.78 is 0. The van der Waals surface area contributed by atoms with E-state index in [4.69, 9.17) is 0 Å². The molecule has 23 heavy (non-hydrogen) atoms. The summed E-state index contributed by atoms with van der Waals surface area (Å²) in [5.74, 6) is 0.212. The summed E-state index contributed by atoms with van der Waals surface area (Å²) >= 11 is 0. The SMILES string of the molecule is C[C@@](O)(CNC(=O)C1CCC1)c1ccc(-c2ccccc2)cc1. The minimum absolute atomic E-state index is 0.0671. The number of amides is 1. The molecule has 1 atom stereocenters. The molecule has 1 saturated carbocycles. The van der Waals surface area contributed by atoms with Gasteiger partial charge in [-0.1, -0.05) is 61.0 Å². The number of nitrogens with one attached hydrogen (secondary N) is 1. The van der Waals surface area contributed by atoms with E-state index < -0.39 is 5.60 Å². The molecule has 2 aromatic rings. The summed E-state index contributed by atoms with van der Waals surface area (Å²) in [5.41, 5.74) is 2.01. The van der Waals surface area contributed by atoms with Crippen LogP contribution in [-0.4, -0.2) is 17.6 Å². The molecule has 120 valence electrons. The average Bonchev–Trinajstić information content (AvgIpc) is 2.52. The Bertz CT molecular complexity index is 658. The molecule has 2 N–H and O–H groups in total. The van der Waals surface area contributed by atoms with Crippen molar-refractivity contribution in [1.82, 2.24) is 5.32 Å². The highest BCUT2D eigenvalue weighted by Crippen LogP contribution is 2.27. The van der Waals surface area contributed by atoms with Crippen molar-refractivity contribution in [3.63, 3.8) is 0 Å².